The van der Waals surface area contributed by atoms with Gasteiger partial charge >= 0.3 is 5.97 Å². The van der Waals surface area contributed by atoms with Crippen LogP contribution in [0.3, 0.4) is 0 Å². The summed E-state index contributed by atoms with van der Waals surface area (Å²) in [6.45, 7) is 2.00. The summed E-state index contributed by atoms with van der Waals surface area (Å²) in [6, 6.07) is 28.1. The summed E-state index contributed by atoms with van der Waals surface area (Å²) in [5, 5.41) is 3.97. The number of nitrogens with zero attached hydrogens (tertiary/aromatic N) is 2. The summed E-state index contributed by atoms with van der Waals surface area (Å²) < 4.78 is 17.0. The molecule has 4 aromatic rings. The van der Waals surface area contributed by atoms with Gasteiger partial charge in [-0.3, -0.25) is 0 Å². The van der Waals surface area contributed by atoms with Gasteiger partial charge in [-0.2, -0.15) is 4.98 Å². The molecule has 0 radical (unpaired) electrons. The first-order valence-corrected chi connectivity index (χ1v) is 10.0. The smallest absolute Gasteiger partial charge is 0.348 e. The third kappa shape index (κ3) is 4.25. The van der Waals surface area contributed by atoms with E-state index in [1.165, 1.54) is 0 Å². The fourth-order valence-corrected chi connectivity index (χ4v) is 3.44. The zero-order valence-electron chi connectivity index (χ0n) is 17.1. The van der Waals surface area contributed by atoms with Crippen LogP contribution in [0.2, 0.25) is 0 Å². The van der Waals surface area contributed by atoms with Crippen molar-refractivity contribution < 1.29 is 18.8 Å². The number of benzene rings is 3. The molecule has 6 nitrogen and oxygen atoms in total. The highest BCUT2D eigenvalue weighted by Crippen LogP contribution is 2.35. The Balaban J connectivity index is 1.62. The van der Waals surface area contributed by atoms with Crippen molar-refractivity contribution in [1.82, 2.24) is 10.1 Å². The van der Waals surface area contributed by atoms with E-state index in [2.05, 4.69) is 10.1 Å². The van der Waals surface area contributed by atoms with Gasteiger partial charge in [0.2, 0.25) is 11.4 Å². The highest BCUT2D eigenvalue weighted by Gasteiger charge is 2.45. The van der Waals surface area contributed by atoms with E-state index in [9.17, 15) is 4.79 Å². The molecule has 0 unspecified atom stereocenters. The summed E-state index contributed by atoms with van der Waals surface area (Å²) in [4.78, 5) is 17.8. The Labute approximate surface area is 180 Å². The Morgan fingerprint density at radius 2 is 1.42 bits per heavy atom. The lowest BCUT2D eigenvalue weighted by Gasteiger charge is -2.32. The van der Waals surface area contributed by atoms with Crippen LogP contribution in [0.5, 0.6) is 0 Å². The molecule has 0 bridgehead atoms. The summed E-state index contributed by atoms with van der Waals surface area (Å²) in [7, 11) is 0. The number of carbonyl (C=O) groups excluding carboxylic acids is 1. The van der Waals surface area contributed by atoms with Crippen LogP contribution < -0.4 is 0 Å². The van der Waals surface area contributed by atoms with Gasteiger partial charge in [0, 0.05) is 12.2 Å². The van der Waals surface area contributed by atoms with E-state index in [0.29, 0.717) is 23.6 Å². The summed E-state index contributed by atoms with van der Waals surface area (Å²) in [5.41, 5.74) is 0.785. The zero-order chi connectivity index (χ0) is 21.5. The van der Waals surface area contributed by atoms with Crippen LogP contribution in [0.15, 0.2) is 95.5 Å². The maximum absolute atomic E-state index is 13.5. The van der Waals surface area contributed by atoms with Crippen molar-refractivity contribution in [3.8, 4) is 11.4 Å². The van der Waals surface area contributed by atoms with Crippen molar-refractivity contribution >= 4 is 5.97 Å². The number of hydrogen-bond donors (Lipinski definition) is 0. The van der Waals surface area contributed by atoms with Crippen molar-refractivity contribution in [1.29, 1.82) is 0 Å². The lowest BCUT2D eigenvalue weighted by molar-refractivity contribution is -0.170. The minimum atomic E-state index is -1.40. The molecule has 1 heterocycles. The van der Waals surface area contributed by atoms with Gasteiger partial charge in [-0.25, -0.2) is 4.79 Å². The van der Waals surface area contributed by atoms with E-state index in [1.807, 2.05) is 97.9 Å². The number of ether oxygens (including phenoxy) is 2. The molecule has 0 saturated carbocycles. The van der Waals surface area contributed by atoms with Crippen LogP contribution in [0, 0.1) is 0 Å². The fourth-order valence-electron chi connectivity index (χ4n) is 3.44. The molecule has 0 aliphatic carbocycles. The molecule has 4 rings (SSSR count). The average molecular weight is 414 g/mol. The van der Waals surface area contributed by atoms with Gasteiger partial charge in [-0.15, -0.1) is 0 Å². The van der Waals surface area contributed by atoms with Crippen molar-refractivity contribution in [2.75, 3.05) is 6.61 Å². The Bertz CT molecular complexity index is 1070. The highest BCUT2D eigenvalue weighted by molar-refractivity contribution is 5.85. The molecule has 3 aromatic carbocycles. The maximum Gasteiger partial charge on any atom is 0.348 e. The largest absolute Gasteiger partial charge is 0.453 e. The Morgan fingerprint density at radius 3 is 1.97 bits per heavy atom. The minimum absolute atomic E-state index is 0.160. The van der Waals surface area contributed by atoms with Gasteiger partial charge in [0.15, 0.2) is 6.61 Å². The number of aromatic nitrogens is 2. The van der Waals surface area contributed by atoms with Crippen molar-refractivity contribution in [3.05, 3.63) is 108 Å². The van der Waals surface area contributed by atoms with Gasteiger partial charge < -0.3 is 14.0 Å². The zero-order valence-corrected chi connectivity index (χ0v) is 17.1. The number of hydrogen-bond acceptors (Lipinski definition) is 6. The highest BCUT2D eigenvalue weighted by atomic mass is 16.6. The second-order valence-corrected chi connectivity index (χ2v) is 6.80. The lowest BCUT2D eigenvalue weighted by Crippen LogP contribution is -2.41. The molecule has 0 aliphatic heterocycles. The van der Waals surface area contributed by atoms with Crippen LogP contribution >= 0.6 is 0 Å². The van der Waals surface area contributed by atoms with E-state index < -0.39 is 11.6 Å². The van der Waals surface area contributed by atoms with Gasteiger partial charge in [-0.1, -0.05) is 96.2 Å². The van der Waals surface area contributed by atoms with E-state index in [4.69, 9.17) is 14.0 Å². The van der Waals surface area contributed by atoms with Gasteiger partial charge in [0.25, 0.3) is 5.89 Å². The van der Waals surface area contributed by atoms with E-state index in [1.54, 1.807) is 0 Å². The summed E-state index contributed by atoms with van der Waals surface area (Å²) >= 11 is 0. The molecule has 0 fully saturated rings. The van der Waals surface area contributed by atoms with Crippen LogP contribution in [0.4, 0.5) is 0 Å². The van der Waals surface area contributed by atoms with E-state index in [-0.39, 0.29) is 12.5 Å². The molecule has 6 heteroatoms. The summed E-state index contributed by atoms with van der Waals surface area (Å²) in [5.74, 6) is 0.0961. The second-order valence-electron chi connectivity index (χ2n) is 6.80. The average Bonchev–Trinajstić information content (AvgIpc) is 3.32. The van der Waals surface area contributed by atoms with Gasteiger partial charge in [0.05, 0.1) is 0 Å². The standard InChI is InChI=1S/C25H22N2O4/c1-2-30-25(20-14-8-4-9-15-20,21-16-10-5-11-17-21)24(28)29-18-22-26-23(27-31-22)19-12-6-3-7-13-19/h3-17H,2,18H2,1H3. The lowest BCUT2D eigenvalue weighted by atomic mass is 9.86. The van der Waals surface area contributed by atoms with Crippen LogP contribution in [0.25, 0.3) is 11.4 Å². The fraction of sp³-hybridized carbons (Fsp3) is 0.160. The first-order chi connectivity index (χ1) is 15.2. The molecule has 156 valence electrons. The Morgan fingerprint density at radius 1 is 0.871 bits per heavy atom. The third-order valence-corrected chi connectivity index (χ3v) is 4.84. The van der Waals surface area contributed by atoms with Crippen molar-refractivity contribution in [3.63, 3.8) is 0 Å². The Hall–Kier alpha value is -3.77. The van der Waals surface area contributed by atoms with Crippen molar-refractivity contribution in [2.45, 2.75) is 19.1 Å². The second kappa shape index (κ2) is 9.36. The monoisotopic (exact) mass is 414 g/mol. The maximum atomic E-state index is 13.5. The molecule has 0 aliphatic rings. The minimum Gasteiger partial charge on any atom is -0.453 e. The molecule has 0 N–H and O–H groups in total. The molecule has 0 amide bonds. The quantitative estimate of drug-likeness (QED) is 0.387. The number of carbonyl (C=O) groups is 1. The van der Waals surface area contributed by atoms with E-state index in [0.717, 1.165) is 5.56 Å². The summed E-state index contributed by atoms with van der Waals surface area (Å²) in [6.07, 6.45) is 0. The topological polar surface area (TPSA) is 74.5 Å². The predicted octanol–water partition coefficient (Wildman–Crippen LogP) is 4.76. The first kappa shape index (κ1) is 20.5. The van der Waals surface area contributed by atoms with Crippen molar-refractivity contribution in [2.24, 2.45) is 0 Å². The molecule has 0 spiro atoms. The molecule has 0 atom stereocenters. The normalized spacial score (nSPS) is 11.3. The number of esters is 1. The molecule has 0 saturated heterocycles. The Kier molecular flexibility index (Phi) is 6.19. The number of rotatable bonds is 8. The molecular weight excluding hydrogens is 392 g/mol. The third-order valence-electron chi connectivity index (χ3n) is 4.84. The first-order valence-electron chi connectivity index (χ1n) is 10.0. The van der Waals surface area contributed by atoms with Gasteiger partial charge in [-0.05, 0) is 18.1 Å². The van der Waals surface area contributed by atoms with Crippen LogP contribution in [0.1, 0.15) is 23.9 Å². The molecule has 1 aromatic heterocycles. The molecule has 31 heavy (non-hydrogen) atoms. The molecular formula is C25H22N2O4. The SMILES string of the molecule is CCOC(C(=O)OCc1nc(-c2ccccc2)no1)(c1ccccc1)c1ccccc1. The van der Waals surface area contributed by atoms with Gasteiger partial charge in [0.1, 0.15) is 0 Å². The van der Waals surface area contributed by atoms with Crippen LogP contribution in [-0.4, -0.2) is 22.7 Å². The van der Waals surface area contributed by atoms with Crippen LogP contribution in [-0.2, 0) is 26.5 Å². The predicted molar refractivity (Wildman–Crippen MR) is 115 cm³/mol. The van der Waals surface area contributed by atoms with E-state index >= 15 is 0 Å².